The monoisotopic (exact) mass is 279 g/mol. The molecule has 5 heteroatoms. The van der Waals surface area contributed by atoms with Gasteiger partial charge in [0, 0.05) is 38.3 Å². The first-order valence-corrected chi connectivity index (χ1v) is 7.51. The number of nitrogens with zero attached hydrogens (tertiary/aromatic N) is 3. The fraction of sp³-hybridized carbons (Fsp3) is 0.800. The highest BCUT2D eigenvalue weighted by Crippen LogP contribution is 2.35. The molecule has 2 aliphatic heterocycles. The standard InChI is InChI=1S/C15H25N3O2/c1-12-8-13(16-20-12)10-18-6-5-15(11-18)9-14(17(2)3)4-7-19-15/h8,14H,4-7,9-11H2,1-3H3/t14-,15-/m1/s1. The number of aryl methyl sites for hydroxylation is 1. The van der Waals surface area contributed by atoms with E-state index in [0.717, 1.165) is 57.0 Å². The summed E-state index contributed by atoms with van der Waals surface area (Å²) in [6.07, 6.45) is 3.43. The third-order valence-corrected chi connectivity index (χ3v) is 4.66. The van der Waals surface area contributed by atoms with Crippen molar-refractivity contribution in [1.29, 1.82) is 0 Å². The van der Waals surface area contributed by atoms with Crippen molar-refractivity contribution in [3.05, 3.63) is 17.5 Å². The number of aromatic nitrogens is 1. The van der Waals surface area contributed by atoms with E-state index in [0.29, 0.717) is 6.04 Å². The minimum atomic E-state index is 0.0615. The second kappa shape index (κ2) is 5.47. The molecule has 2 aliphatic rings. The summed E-state index contributed by atoms with van der Waals surface area (Å²) in [6, 6.07) is 2.67. The molecular formula is C15H25N3O2. The Labute approximate surface area is 120 Å². The highest BCUT2D eigenvalue weighted by Gasteiger charge is 2.43. The highest BCUT2D eigenvalue weighted by atomic mass is 16.5. The Balaban J connectivity index is 1.60. The van der Waals surface area contributed by atoms with Crippen molar-refractivity contribution in [3.63, 3.8) is 0 Å². The van der Waals surface area contributed by atoms with E-state index in [1.807, 2.05) is 13.0 Å². The van der Waals surface area contributed by atoms with Gasteiger partial charge in [0.2, 0.25) is 0 Å². The lowest BCUT2D eigenvalue weighted by Gasteiger charge is -2.40. The molecule has 2 atom stereocenters. The number of rotatable bonds is 3. The molecule has 0 aliphatic carbocycles. The predicted molar refractivity (Wildman–Crippen MR) is 76.5 cm³/mol. The smallest absolute Gasteiger partial charge is 0.133 e. The lowest BCUT2D eigenvalue weighted by atomic mass is 9.89. The van der Waals surface area contributed by atoms with Crippen molar-refractivity contribution < 1.29 is 9.26 Å². The van der Waals surface area contributed by atoms with Crippen LogP contribution in [-0.4, -0.2) is 60.4 Å². The Morgan fingerprint density at radius 3 is 3.05 bits per heavy atom. The number of likely N-dealkylation sites (tertiary alicyclic amines) is 1. The highest BCUT2D eigenvalue weighted by molar-refractivity contribution is 5.05. The molecule has 0 unspecified atom stereocenters. The minimum absolute atomic E-state index is 0.0615. The molecule has 1 spiro atoms. The van der Waals surface area contributed by atoms with Crippen molar-refractivity contribution in [1.82, 2.24) is 15.0 Å². The van der Waals surface area contributed by atoms with Gasteiger partial charge in [0.25, 0.3) is 0 Å². The van der Waals surface area contributed by atoms with Crippen molar-refractivity contribution in [2.45, 2.75) is 44.4 Å². The molecule has 1 aromatic heterocycles. The SMILES string of the molecule is Cc1cc(CN2CC[C@@]3(C[C@H](N(C)C)CCO3)C2)no1. The van der Waals surface area contributed by atoms with Gasteiger partial charge in [0.15, 0.2) is 0 Å². The summed E-state index contributed by atoms with van der Waals surface area (Å²) in [7, 11) is 4.35. The second-order valence-corrected chi connectivity index (χ2v) is 6.53. The van der Waals surface area contributed by atoms with Crippen LogP contribution in [0.1, 0.15) is 30.7 Å². The van der Waals surface area contributed by atoms with Gasteiger partial charge < -0.3 is 14.2 Å². The Kier molecular flexibility index (Phi) is 3.84. The quantitative estimate of drug-likeness (QED) is 0.842. The first-order valence-electron chi connectivity index (χ1n) is 7.51. The molecule has 2 saturated heterocycles. The fourth-order valence-corrected chi connectivity index (χ4v) is 3.51. The summed E-state index contributed by atoms with van der Waals surface area (Å²) in [6.45, 7) is 5.80. The Morgan fingerprint density at radius 1 is 1.50 bits per heavy atom. The molecule has 0 amide bonds. The minimum Gasteiger partial charge on any atom is -0.373 e. The van der Waals surface area contributed by atoms with Crippen LogP contribution in [0.2, 0.25) is 0 Å². The van der Waals surface area contributed by atoms with Gasteiger partial charge in [-0.15, -0.1) is 0 Å². The zero-order chi connectivity index (χ0) is 14.2. The molecule has 5 nitrogen and oxygen atoms in total. The van der Waals surface area contributed by atoms with Gasteiger partial charge in [0.05, 0.1) is 11.3 Å². The second-order valence-electron chi connectivity index (χ2n) is 6.53. The third kappa shape index (κ3) is 2.90. The van der Waals surface area contributed by atoms with Crippen LogP contribution in [0.3, 0.4) is 0 Å². The zero-order valence-electron chi connectivity index (χ0n) is 12.8. The van der Waals surface area contributed by atoms with Crippen molar-refractivity contribution >= 4 is 0 Å². The van der Waals surface area contributed by atoms with E-state index in [-0.39, 0.29) is 5.60 Å². The first kappa shape index (κ1) is 14.0. The van der Waals surface area contributed by atoms with Crippen molar-refractivity contribution in [2.75, 3.05) is 33.8 Å². The molecule has 0 aromatic carbocycles. The maximum absolute atomic E-state index is 6.17. The molecule has 3 heterocycles. The summed E-state index contributed by atoms with van der Waals surface area (Å²) >= 11 is 0. The molecule has 112 valence electrons. The van der Waals surface area contributed by atoms with Crippen LogP contribution in [0.25, 0.3) is 0 Å². The van der Waals surface area contributed by atoms with E-state index < -0.39 is 0 Å². The van der Waals surface area contributed by atoms with Crippen LogP contribution in [-0.2, 0) is 11.3 Å². The number of hydrogen-bond acceptors (Lipinski definition) is 5. The summed E-state index contributed by atoms with van der Waals surface area (Å²) in [5, 5.41) is 4.09. The predicted octanol–water partition coefficient (Wildman–Crippen LogP) is 1.67. The normalized spacial score (nSPS) is 31.5. The van der Waals surface area contributed by atoms with Crippen LogP contribution in [0.15, 0.2) is 10.6 Å². The van der Waals surface area contributed by atoms with Gasteiger partial charge in [-0.05, 0) is 40.3 Å². The van der Waals surface area contributed by atoms with Gasteiger partial charge in [-0.1, -0.05) is 5.16 Å². The van der Waals surface area contributed by atoms with E-state index >= 15 is 0 Å². The molecule has 0 radical (unpaired) electrons. The van der Waals surface area contributed by atoms with Crippen LogP contribution in [0, 0.1) is 6.92 Å². The first-order chi connectivity index (χ1) is 9.56. The van der Waals surface area contributed by atoms with Crippen molar-refractivity contribution in [3.8, 4) is 0 Å². The van der Waals surface area contributed by atoms with E-state index in [2.05, 4.69) is 29.1 Å². The summed E-state index contributed by atoms with van der Waals surface area (Å²) in [5.41, 5.74) is 1.09. The van der Waals surface area contributed by atoms with E-state index in [1.54, 1.807) is 0 Å². The van der Waals surface area contributed by atoms with Crippen LogP contribution >= 0.6 is 0 Å². The Morgan fingerprint density at radius 2 is 2.35 bits per heavy atom. The number of hydrogen-bond donors (Lipinski definition) is 0. The fourth-order valence-electron chi connectivity index (χ4n) is 3.51. The molecule has 0 N–H and O–H groups in total. The lowest BCUT2D eigenvalue weighted by molar-refractivity contribution is -0.0932. The summed E-state index contributed by atoms with van der Waals surface area (Å²) in [4.78, 5) is 4.78. The van der Waals surface area contributed by atoms with E-state index in [1.165, 1.54) is 0 Å². The van der Waals surface area contributed by atoms with Crippen LogP contribution < -0.4 is 0 Å². The molecular weight excluding hydrogens is 254 g/mol. The average molecular weight is 279 g/mol. The topological polar surface area (TPSA) is 41.7 Å². The average Bonchev–Trinajstić information content (AvgIpc) is 2.98. The van der Waals surface area contributed by atoms with Gasteiger partial charge in [-0.3, -0.25) is 4.90 Å². The number of ether oxygens (including phenoxy) is 1. The Bertz CT molecular complexity index is 460. The van der Waals surface area contributed by atoms with Crippen LogP contribution in [0.5, 0.6) is 0 Å². The van der Waals surface area contributed by atoms with E-state index in [9.17, 15) is 0 Å². The van der Waals surface area contributed by atoms with Gasteiger partial charge >= 0.3 is 0 Å². The van der Waals surface area contributed by atoms with E-state index in [4.69, 9.17) is 9.26 Å². The molecule has 2 fully saturated rings. The Hall–Kier alpha value is -0.910. The molecule has 3 rings (SSSR count). The van der Waals surface area contributed by atoms with Gasteiger partial charge in [0.1, 0.15) is 5.76 Å². The summed E-state index contributed by atoms with van der Waals surface area (Å²) < 4.78 is 11.3. The maximum Gasteiger partial charge on any atom is 0.133 e. The largest absolute Gasteiger partial charge is 0.373 e. The summed E-state index contributed by atoms with van der Waals surface area (Å²) in [5.74, 6) is 0.885. The lowest BCUT2D eigenvalue weighted by Crippen LogP contribution is -2.48. The molecule has 0 bridgehead atoms. The maximum atomic E-state index is 6.17. The zero-order valence-corrected chi connectivity index (χ0v) is 12.8. The van der Waals surface area contributed by atoms with Crippen LogP contribution in [0.4, 0.5) is 0 Å². The third-order valence-electron chi connectivity index (χ3n) is 4.66. The molecule has 1 aromatic rings. The molecule has 0 saturated carbocycles. The van der Waals surface area contributed by atoms with Gasteiger partial charge in [-0.2, -0.15) is 0 Å². The van der Waals surface area contributed by atoms with Gasteiger partial charge in [-0.25, -0.2) is 0 Å². The molecule has 20 heavy (non-hydrogen) atoms. The van der Waals surface area contributed by atoms with Crippen molar-refractivity contribution in [2.24, 2.45) is 0 Å².